The summed E-state index contributed by atoms with van der Waals surface area (Å²) in [5.41, 5.74) is -1.04. The molecule has 0 aliphatic heterocycles. The van der Waals surface area contributed by atoms with E-state index in [1.807, 2.05) is 0 Å². The lowest BCUT2D eigenvalue weighted by atomic mass is 10.1. The maximum absolute atomic E-state index is 12.0. The van der Waals surface area contributed by atoms with Crippen LogP contribution >= 0.6 is 0 Å². The number of hydrogen-bond donors (Lipinski definition) is 1. The third-order valence-electron chi connectivity index (χ3n) is 1.62. The molecule has 0 heterocycles. The van der Waals surface area contributed by atoms with Crippen molar-refractivity contribution in [1.29, 1.82) is 0 Å². The second kappa shape index (κ2) is 1.21. The summed E-state index contributed by atoms with van der Waals surface area (Å²) >= 11 is 0. The largest absolute Gasteiger partial charge is 0.481 e. The summed E-state index contributed by atoms with van der Waals surface area (Å²) in [4.78, 5) is 10.1. The van der Waals surface area contributed by atoms with Crippen LogP contribution in [0, 0.1) is 5.41 Å². The summed E-state index contributed by atoms with van der Waals surface area (Å²) in [6.07, 6.45) is -0.928. The van der Waals surface area contributed by atoms with E-state index in [0.29, 0.717) is 0 Å². The van der Waals surface area contributed by atoms with Crippen molar-refractivity contribution < 1.29 is 14.3 Å². The van der Waals surface area contributed by atoms with Crippen molar-refractivity contribution in [1.82, 2.24) is 0 Å². The Kier molecular flexibility index (Phi) is 0.840. The van der Waals surface area contributed by atoms with Crippen LogP contribution in [0.25, 0.3) is 0 Å². The number of halogens is 1. The Balaban J connectivity index is 2.60. The molecule has 3 heteroatoms. The zero-order chi connectivity index (χ0) is 6.36. The molecule has 1 fully saturated rings. The third kappa shape index (κ3) is 0.504. The molecule has 8 heavy (non-hydrogen) atoms. The van der Waals surface area contributed by atoms with E-state index >= 15 is 0 Å². The number of carboxylic acids is 1. The van der Waals surface area contributed by atoms with Crippen LogP contribution in [0.2, 0.25) is 0 Å². The standard InChI is InChI=1S/C5H7FO2/c1-5(4(7)8)2-3(5)6/h3H,2H2,1H3,(H,7,8)/t3-,5-/m0/s1. The van der Waals surface area contributed by atoms with Crippen molar-refractivity contribution in [3.63, 3.8) is 0 Å². The average Bonchev–Trinajstić information content (AvgIpc) is 2.17. The van der Waals surface area contributed by atoms with Gasteiger partial charge < -0.3 is 5.11 Å². The Morgan fingerprint density at radius 2 is 2.38 bits per heavy atom. The monoisotopic (exact) mass is 118 g/mol. The fourth-order valence-corrected chi connectivity index (χ4v) is 0.535. The molecule has 2 nitrogen and oxygen atoms in total. The van der Waals surface area contributed by atoms with Gasteiger partial charge in [-0.2, -0.15) is 0 Å². The minimum atomic E-state index is -1.11. The number of carbonyl (C=O) groups is 1. The van der Waals surface area contributed by atoms with Crippen LogP contribution in [0.1, 0.15) is 13.3 Å². The molecular weight excluding hydrogens is 111 g/mol. The molecule has 1 aliphatic carbocycles. The predicted octanol–water partition coefficient (Wildman–Crippen LogP) is 0.819. The van der Waals surface area contributed by atoms with Gasteiger partial charge in [-0.3, -0.25) is 4.79 Å². The third-order valence-corrected chi connectivity index (χ3v) is 1.62. The Hall–Kier alpha value is -0.600. The van der Waals surface area contributed by atoms with Gasteiger partial charge in [0.15, 0.2) is 0 Å². The van der Waals surface area contributed by atoms with Crippen LogP contribution in [-0.2, 0) is 4.79 Å². The maximum Gasteiger partial charge on any atom is 0.312 e. The Morgan fingerprint density at radius 3 is 2.38 bits per heavy atom. The van der Waals surface area contributed by atoms with Gasteiger partial charge >= 0.3 is 5.97 Å². The van der Waals surface area contributed by atoms with E-state index in [1.54, 1.807) is 0 Å². The van der Waals surface area contributed by atoms with E-state index in [9.17, 15) is 9.18 Å². The first kappa shape index (κ1) is 5.54. The van der Waals surface area contributed by atoms with Gasteiger partial charge in [0.2, 0.25) is 0 Å². The predicted molar refractivity (Wildman–Crippen MR) is 25.3 cm³/mol. The van der Waals surface area contributed by atoms with Crippen molar-refractivity contribution in [3.05, 3.63) is 0 Å². The number of hydrogen-bond acceptors (Lipinski definition) is 1. The molecule has 0 saturated heterocycles. The molecule has 2 atom stereocenters. The summed E-state index contributed by atoms with van der Waals surface area (Å²) in [7, 11) is 0. The number of alkyl halides is 1. The van der Waals surface area contributed by atoms with Crippen LogP contribution in [0.15, 0.2) is 0 Å². The highest BCUT2D eigenvalue weighted by Gasteiger charge is 2.57. The second-order valence-electron chi connectivity index (χ2n) is 2.39. The molecule has 0 spiro atoms. The minimum Gasteiger partial charge on any atom is -0.481 e. The van der Waals surface area contributed by atoms with Gasteiger partial charge in [0.05, 0.1) is 5.41 Å². The highest BCUT2D eigenvalue weighted by atomic mass is 19.1. The average molecular weight is 118 g/mol. The molecular formula is C5H7FO2. The summed E-state index contributed by atoms with van der Waals surface area (Å²) in [6.45, 7) is 1.42. The molecule has 0 bridgehead atoms. The first-order valence-electron chi connectivity index (χ1n) is 2.45. The van der Waals surface area contributed by atoms with Crippen LogP contribution in [0.5, 0.6) is 0 Å². The van der Waals surface area contributed by atoms with Gasteiger partial charge in [0.1, 0.15) is 6.17 Å². The topological polar surface area (TPSA) is 37.3 Å². The first-order valence-corrected chi connectivity index (χ1v) is 2.45. The molecule has 0 aromatic heterocycles. The van der Waals surface area contributed by atoms with Crippen LogP contribution < -0.4 is 0 Å². The van der Waals surface area contributed by atoms with E-state index in [-0.39, 0.29) is 6.42 Å². The molecule has 1 N–H and O–H groups in total. The van der Waals surface area contributed by atoms with Gasteiger partial charge in [-0.15, -0.1) is 0 Å². The SMILES string of the molecule is C[C@]1(C(=O)O)C[C@@H]1F. The Morgan fingerprint density at radius 1 is 2.00 bits per heavy atom. The van der Waals surface area contributed by atoms with Crippen molar-refractivity contribution in [2.45, 2.75) is 19.5 Å². The highest BCUT2D eigenvalue weighted by Crippen LogP contribution is 2.48. The first-order chi connectivity index (χ1) is 3.57. The zero-order valence-corrected chi connectivity index (χ0v) is 4.52. The van der Waals surface area contributed by atoms with E-state index < -0.39 is 17.6 Å². The van der Waals surface area contributed by atoms with E-state index in [1.165, 1.54) is 6.92 Å². The number of aliphatic carboxylic acids is 1. The molecule has 1 saturated carbocycles. The van der Waals surface area contributed by atoms with Crippen LogP contribution in [0.3, 0.4) is 0 Å². The van der Waals surface area contributed by atoms with E-state index in [2.05, 4.69) is 0 Å². The van der Waals surface area contributed by atoms with Gasteiger partial charge in [-0.1, -0.05) is 0 Å². The van der Waals surface area contributed by atoms with Crippen LogP contribution in [-0.4, -0.2) is 17.2 Å². The summed E-state index contributed by atoms with van der Waals surface area (Å²) in [6, 6.07) is 0. The van der Waals surface area contributed by atoms with Crippen molar-refractivity contribution in [2.24, 2.45) is 5.41 Å². The van der Waals surface area contributed by atoms with Gasteiger partial charge in [0.25, 0.3) is 0 Å². The van der Waals surface area contributed by atoms with E-state index in [0.717, 1.165) is 0 Å². The summed E-state index contributed by atoms with van der Waals surface area (Å²) < 4.78 is 12.0. The van der Waals surface area contributed by atoms with Gasteiger partial charge in [-0.25, -0.2) is 4.39 Å². The fourth-order valence-electron chi connectivity index (χ4n) is 0.535. The minimum absolute atomic E-state index is 0.183. The molecule has 0 radical (unpaired) electrons. The van der Waals surface area contributed by atoms with Crippen molar-refractivity contribution >= 4 is 5.97 Å². The molecule has 0 aromatic rings. The molecule has 0 amide bonds. The summed E-state index contributed by atoms with van der Waals surface area (Å²) in [5, 5.41) is 8.24. The quantitative estimate of drug-likeness (QED) is 0.553. The number of carboxylic acid groups (broad SMARTS) is 1. The molecule has 1 aliphatic rings. The Bertz CT molecular complexity index is 134. The molecule has 0 aromatic carbocycles. The van der Waals surface area contributed by atoms with Crippen LogP contribution in [0.4, 0.5) is 4.39 Å². The second-order valence-corrected chi connectivity index (χ2v) is 2.39. The normalized spacial score (nSPS) is 44.0. The molecule has 0 unspecified atom stereocenters. The Labute approximate surface area is 46.3 Å². The lowest BCUT2D eigenvalue weighted by Crippen LogP contribution is -2.12. The van der Waals surface area contributed by atoms with E-state index in [4.69, 9.17) is 5.11 Å². The summed E-state index contributed by atoms with van der Waals surface area (Å²) in [5.74, 6) is -1.02. The lowest BCUT2D eigenvalue weighted by Gasteiger charge is -1.95. The van der Waals surface area contributed by atoms with Gasteiger partial charge in [-0.05, 0) is 13.3 Å². The fraction of sp³-hybridized carbons (Fsp3) is 0.800. The molecule has 1 rings (SSSR count). The smallest absolute Gasteiger partial charge is 0.312 e. The zero-order valence-electron chi connectivity index (χ0n) is 4.52. The highest BCUT2D eigenvalue weighted by molar-refractivity contribution is 5.78. The molecule has 46 valence electrons. The number of rotatable bonds is 1. The van der Waals surface area contributed by atoms with Gasteiger partial charge in [0, 0.05) is 0 Å². The lowest BCUT2D eigenvalue weighted by molar-refractivity contribution is -0.143. The van der Waals surface area contributed by atoms with Crippen molar-refractivity contribution in [3.8, 4) is 0 Å². The maximum atomic E-state index is 12.0. The van der Waals surface area contributed by atoms with Crippen molar-refractivity contribution in [2.75, 3.05) is 0 Å².